The van der Waals surface area contributed by atoms with Crippen LogP contribution < -0.4 is 9.46 Å². The Labute approximate surface area is 214 Å². The van der Waals surface area contributed by atoms with Gasteiger partial charge in [-0.1, -0.05) is 53.5 Å². The van der Waals surface area contributed by atoms with Crippen molar-refractivity contribution in [3.8, 4) is 16.9 Å². The lowest BCUT2D eigenvalue weighted by atomic mass is 10.0. The van der Waals surface area contributed by atoms with Gasteiger partial charge in [0, 0.05) is 23.6 Å². The molecule has 0 unspecified atom stereocenters. The molecule has 3 aromatic carbocycles. The van der Waals surface area contributed by atoms with Gasteiger partial charge < -0.3 is 9.72 Å². The van der Waals surface area contributed by atoms with Gasteiger partial charge >= 0.3 is 6.36 Å². The van der Waals surface area contributed by atoms with Crippen LogP contribution in [0.3, 0.4) is 0 Å². The number of sulfonamides is 1. The zero-order valence-corrected chi connectivity index (χ0v) is 20.7. The Morgan fingerprint density at radius 3 is 2.44 bits per heavy atom. The molecule has 0 saturated heterocycles. The minimum Gasteiger partial charge on any atom is -0.405 e. The Morgan fingerprint density at radius 1 is 1.08 bits per heavy atom. The number of hydrogen-bond donors (Lipinski definition) is 2. The summed E-state index contributed by atoms with van der Waals surface area (Å²) >= 11 is 13.0. The summed E-state index contributed by atoms with van der Waals surface area (Å²) in [6, 6.07) is 13.6. The Hall–Kier alpha value is -2.79. The van der Waals surface area contributed by atoms with E-state index in [1.54, 1.807) is 18.2 Å². The third-order valence-corrected chi connectivity index (χ3v) is 7.81. The predicted molar refractivity (Wildman–Crippen MR) is 131 cm³/mol. The summed E-state index contributed by atoms with van der Waals surface area (Å²) in [6.45, 7) is 0. The van der Waals surface area contributed by atoms with Crippen LogP contribution in [0.2, 0.25) is 10.0 Å². The monoisotopic (exact) mass is 555 g/mol. The lowest BCUT2D eigenvalue weighted by Crippen LogP contribution is -2.25. The normalized spacial score (nSPS) is 14.4. The minimum atomic E-state index is -4.89. The molecular weight excluding hydrogens is 538 g/mol. The van der Waals surface area contributed by atoms with Crippen LogP contribution in [0.5, 0.6) is 5.75 Å². The number of nitrogens with zero attached hydrogens (tertiary/aromatic N) is 1. The van der Waals surface area contributed by atoms with Crippen molar-refractivity contribution in [1.82, 2.24) is 14.7 Å². The summed E-state index contributed by atoms with van der Waals surface area (Å²) in [5.41, 5.74) is 1.88. The average molecular weight is 556 g/mol. The van der Waals surface area contributed by atoms with E-state index in [1.165, 1.54) is 36.4 Å². The highest BCUT2D eigenvalue weighted by atomic mass is 35.5. The van der Waals surface area contributed by atoms with Crippen LogP contribution in [0.1, 0.15) is 24.2 Å². The van der Waals surface area contributed by atoms with Crippen molar-refractivity contribution in [1.29, 1.82) is 0 Å². The van der Waals surface area contributed by atoms with E-state index in [2.05, 4.69) is 19.4 Å². The van der Waals surface area contributed by atoms with Crippen LogP contribution >= 0.6 is 23.2 Å². The first-order valence-electron chi connectivity index (χ1n) is 10.8. The Balaban J connectivity index is 1.45. The number of hydrogen-bond acceptors (Lipinski definition) is 4. The van der Waals surface area contributed by atoms with Gasteiger partial charge in [-0.15, -0.1) is 13.2 Å². The zero-order valence-electron chi connectivity index (χ0n) is 18.4. The summed E-state index contributed by atoms with van der Waals surface area (Å²) in [7, 11) is -3.55. The lowest BCUT2D eigenvalue weighted by molar-refractivity contribution is -0.274. The van der Waals surface area contributed by atoms with Crippen LogP contribution in [-0.4, -0.2) is 30.8 Å². The fourth-order valence-corrected chi connectivity index (χ4v) is 5.82. The van der Waals surface area contributed by atoms with Crippen LogP contribution in [0.25, 0.3) is 22.2 Å². The van der Waals surface area contributed by atoms with Gasteiger partial charge in [-0.2, -0.15) is 0 Å². The van der Waals surface area contributed by atoms with E-state index >= 15 is 0 Å². The molecule has 0 atom stereocenters. The van der Waals surface area contributed by atoms with Gasteiger partial charge in [0.2, 0.25) is 10.0 Å². The van der Waals surface area contributed by atoms with Gasteiger partial charge in [-0.3, -0.25) is 0 Å². The van der Waals surface area contributed by atoms with E-state index in [-0.39, 0.29) is 32.1 Å². The number of benzene rings is 3. The summed E-state index contributed by atoms with van der Waals surface area (Å²) in [4.78, 5) is 7.82. The van der Waals surface area contributed by atoms with E-state index < -0.39 is 22.1 Å². The fraction of sp³-hybridized carbons (Fsp3) is 0.208. The minimum absolute atomic E-state index is 0.0127. The molecule has 36 heavy (non-hydrogen) atoms. The molecule has 1 saturated carbocycles. The smallest absolute Gasteiger partial charge is 0.405 e. The molecule has 2 N–H and O–H groups in total. The van der Waals surface area contributed by atoms with E-state index in [4.69, 9.17) is 23.2 Å². The van der Waals surface area contributed by atoms with Crippen LogP contribution in [0.15, 0.2) is 59.5 Å². The number of aromatic nitrogens is 2. The molecule has 4 aromatic rings. The Kier molecular flexibility index (Phi) is 6.40. The van der Waals surface area contributed by atoms with Crippen molar-refractivity contribution in [2.24, 2.45) is 0 Å². The molecule has 0 bridgehead atoms. The molecule has 5 rings (SSSR count). The van der Waals surface area contributed by atoms with E-state index in [0.717, 1.165) is 18.4 Å². The first-order valence-corrected chi connectivity index (χ1v) is 13.1. The standard InChI is InChI=1S/C24H18Cl2F3N3O3S/c25-17-12-18-23(22(26)21(17)16-3-1-2-4-19(16)35-24(27,28)29)31-20(30-18)11-13-5-9-15(10-6-13)36(33,34)32-14-7-8-14/h1-6,9-10,12,14,32H,7-8,11H2,(H,30,31). The zero-order chi connectivity index (χ0) is 25.7. The fourth-order valence-electron chi connectivity index (χ4n) is 3.82. The summed E-state index contributed by atoms with van der Waals surface area (Å²) < 4.78 is 70.2. The molecular formula is C24H18Cl2F3N3O3S. The Bertz CT molecular complexity index is 1550. The number of para-hydroxylation sites is 1. The summed E-state index contributed by atoms with van der Waals surface area (Å²) in [6.07, 6.45) is -2.86. The molecule has 0 radical (unpaired) electrons. The number of H-pyrrole nitrogens is 1. The van der Waals surface area contributed by atoms with Crippen LogP contribution in [0.4, 0.5) is 13.2 Å². The van der Waals surface area contributed by atoms with Gasteiger partial charge in [-0.25, -0.2) is 18.1 Å². The maximum Gasteiger partial charge on any atom is 0.573 e. The highest BCUT2D eigenvalue weighted by Gasteiger charge is 2.33. The number of aromatic amines is 1. The van der Waals surface area contributed by atoms with Gasteiger partial charge in [0.25, 0.3) is 0 Å². The molecule has 0 aliphatic heterocycles. The van der Waals surface area contributed by atoms with E-state index in [1.807, 2.05) is 0 Å². The van der Waals surface area contributed by atoms with Crippen molar-refractivity contribution >= 4 is 44.3 Å². The van der Waals surface area contributed by atoms with Crippen molar-refractivity contribution in [3.05, 3.63) is 76.0 Å². The number of nitrogens with one attached hydrogen (secondary N) is 2. The number of fused-ring (bicyclic) bond motifs is 1. The van der Waals surface area contributed by atoms with Crippen molar-refractivity contribution in [2.75, 3.05) is 0 Å². The molecule has 1 aliphatic rings. The molecule has 1 heterocycles. The maximum atomic E-state index is 12.9. The van der Waals surface area contributed by atoms with Crippen LogP contribution in [0, 0.1) is 0 Å². The molecule has 1 fully saturated rings. The molecule has 1 aromatic heterocycles. The SMILES string of the molecule is O=S(=O)(NC1CC1)c1ccc(Cc2nc3c(Cl)c(-c4ccccc4OC(F)(F)F)c(Cl)cc3[nH]2)cc1. The number of ether oxygens (including phenoxy) is 1. The van der Waals surface area contributed by atoms with Crippen molar-refractivity contribution in [3.63, 3.8) is 0 Å². The van der Waals surface area contributed by atoms with Gasteiger partial charge in [0.05, 0.1) is 20.5 Å². The average Bonchev–Trinajstić information content (AvgIpc) is 3.50. The molecule has 188 valence electrons. The number of alkyl halides is 3. The topological polar surface area (TPSA) is 84.1 Å². The second-order valence-electron chi connectivity index (χ2n) is 8.39. The summed E-state index contributed by atoms with van der Waals surface area (Å²) in [5.74, 6) is 0.0850. The number of halogens is 5. The first kappa shape index (κ1) is 24.9. The van der Waals surface area contributed by atoms with Gasteiger partial charge in [0.1, 0.15) is 17.1 Å². The van der Waals surface area contributed by atoms with Crippen molar-refractivity contribution < 1.29 is 26.3 Å². The lowest BCUT2D eigenvalue weighted by Gasteiger charge is -2.15. The Morgan fingerprint density at radius 2 is 1.78 bits per heavy atom. The number of imidazole rings is 1. The molecule has 0 amide bonds. The van der Waals surface area contributed by atoms with E-state index in [0.29, 0.717) is 23.3 Å². The highest BCUT2D eigenvalue weighted by Crippen LogP contribution is 2.44. The maximum absolute atomic E-state index is 12.9. The largest absolute Gasteiger partial charge is 0.573 e. The van der Waals surface area contributed by atoms with Crippen LogP contribution in [-0.2, 0) is 16.4 Å². The molecule has 6 nitrogen and oxygen atoms in total. The van der Waals surface area contributed by atoms with E-state index in [9.17, 15) is 21.6 Å². The second-order valence-corrected chi connectivity index (χ2v) is 10.9. The number of rotatable bonds is 7. The first-order chi connectivity index (χ1) is 17.0. The quantitative estimate of drug-likeness (QED) is 0.274. The summed E-state index contributed by atoms with van der Waals surface area (Å²) in [5, 5.41) is 0.199. The predicted octanol–water partition coefficient (Wildman–Crippen LogP) is 6.47. The second kappa shape index (κ2) is 9.26. The third-order valence-electron chi connectivity index (χ3n) is 5.60. The van der Waals surface area contributed by atoms with Gasteiger partial charge in [0.15, 0.2) is 0 Å². The molecule has 1 aliphatic carbocycles. The third kappa shape index (κ3) is 5.31. The van der Waals surface area contributed by atoms with Gasteiger partial charge in [-0.05, 0) is 42.7 Å². The van der Waals surface area contributed by atoms with Crippen molar-refractivity contribution in [2.45, 2.75) is 36.6 Å². The molecule has 12 heteroatoms. The molecule has 0 spiro atoms. The highest BCUT2D eigenvalue weighted by molar-refractivity contribution is 7.89.